The van der Waals surface area contributed by atoms with Crippen LogP contribution in [0.25, 0.3) is 0 Å². The van der Waals surface area contributed by atoms with Gasteiger partial charge in [0, 0.05) is 5.56 Å². The van der Waals surface area contributed by atoms with E-state index in [0.717, 1.165) is 5.75 Å². The third-order valence-corrected chi connectivity index (χ3v) is 1.75. The van der Waals surface area contributed by atoms with Crippen LogP contribution in [0.3, 0.4) is 0 Å². The molecule has 4 nitrogen and oxygen atoms in total. The number of hydrogen-bond donors (Lipinski definition) is 0. The molecule has 0 aliphatic heterocycles. The van der Waals surface area contributed by atoms with Crippen LogP contribution in [-0.4, -0.2) is 19.4 Å². The lowest BCUT2D eigenvalue weighted by atomic mass is 10.1. The highest BCUT2D eigenvalue weighted by atomic mass is 16.6. The Bertz CT molecular complexity index is 377. The van der Waals surface area contributed by atoms with Gasteiger partial charge >= 0.3 is 0 Å². The smallest absolute Gasteiger partial charge is 0.186 e. The molecule has 0 heterocycles. The van der Waals surface area contributed by atoms with E-state index in [9.17, 15) is 0 Å². The van der Waals surface area contributed by atoms with Gasteiger partial charge in [-0.15, -0.1) is 0 Å². The summed E-state index contributed by atoms with van der Waals surface area (Å²) in [7, 11) is 1.59. The van der Waals surface area contributed by atoms with E-state index in [1.807, 2.05) is 13.0 Å². The van der Waals surface area contributed by atoms with E-state index in [-0.39, 0.29) is 5.71 Å². The van der Waals surface area contributed by atoms with Gasteiger partial charge in [-0.25, -0.2) is 0 Å². The van der Waals surface area contributed by atoms with Crippen molar-refractivity contribution in [1.82, 2.24) is 0 Å². The Morgan fingerprint density at radius 1 is 1.40 bits per heavy atom. The standard InChI is InChI=1S/C11H12N2O2/c1-3-15-13-11(8-12)9-4-6-10(14-2)7-5-9/h4-7H,3H2,1-2H3/b13-11+. The van der Waals surface area contributed by atoms with Gasteiger partial charge in [-0.2, -0.15) is 5.26 Å². The third kappa shape index (κ3) is 2.99. The second-order valence-electron chi connectivity index (χ2n) is 2.70. The number of hydrogen-bond acceptors (Lipinski definition) is 4. The Kier molecular flexibility index (Phi) is 4.17. The predicted molar refractivity (Wildman–Crippen MR) is 56.8 cm³/mol. The zero-order valence-electron chi connectivity index (χ0n) is 8.73. The van der Waals surface area contributed by atoms with Gasteiger partial charge in [-0.05, 0) is 31.2 Å². The van der Waals surface area contributed by atoms with E-state index in [4.69, 9.17) is 14.8 Å². The summed E-state index contributed by atoms with van der Waals surface area (Å²) in [6.07, 6.45) is 0. The summed E-state index contributed by atoms with van der Waals surface area (Å²) < 4.78 is 5.01. The van der Waals surface area contributed by atoms with Crippen molar-refractivity contribution < 1.29 is 9.57 Å². The molecule has 0 saturated heterocycles. The highest BCUT2D eigenvalue weighted by molar-refractivity contribution is 6.11. The maximum Gasteiger partial charge on any atom is 0.186 e. The second-order valence-corrected chi connectivity index (χ2v) is 2.70. The number of methoxy groups -OCH3 is 1. The average Bonchev–Trinajstić information content (AvgIpc) is 2.31. The number of nitriles is 1. The fourth-order valence-electron chi connectivity index (χ4n) is 1.02. The molecule has 1 aromatic rings. The maximum atomic E-state index is 8.84. The first kappa shape index (κ1) is 11.1. The number of oxime groups is 1. The van der Waals surface area contributed by atoms with Crippen LogP contribution in [-0.2, 0) is 4.84 Å². The second kappa shape index (κ2) is 5.66. The molecule has 1 aromatic carbocycles. The van der Waals surface area contributed by atoms with Crippen molar-refractivity contribution in [1.29, 1.82) is 5.26 Å². The minimum atomic E-state index is 0.263. The fourth-order valence-corrected chi connectivity index (χ4v) is 1.02. The summed E-state index contributed by atoms with van der Waals surface area (Å²) >= 11 is 0. The summed E-state index contributed by atoms with van der Waals surface area (Å²) in [6.45, 7) is 2.26. The Morgan fingerprint density at radius 2 is 2.07 bits per heavy atom. The van der Waals surface area contributed by atoms with Crippen LogP contribution in [0.2, 0.25) is 0 Å². The molecule has 0 aliphatic carbocycles. The minimum Gasteiger partial charge on any atom is -0.497 e. The highest BCUT2D eigenvalue weighted by Crippen LogP contribution is 2.11. The highest BCUT2D eigenvalue weighted by Gasteiger charge is 2.02. The molecule has 0 spiro atoms. The van der Waals surface area contributed by atoms with Crippen LogP contribution < -0.4 is 4.74 Å². The van der Waals surface area contributed by atoms with Gasteiger partial charge in [0.1, 0.15) is 18.4 Å². The molecule has 0 unspecified atom stereocenters. The summed E-state index contributed by atoms with van der Waals surface area (Å²) in [4.78, 5) is 4.83. The van der Waals surface area contributed by atoms with Gasteiger partial charge < -0.3 is 9.57 Å². The molecule has 0 atom stereocenters. The van der Waals surface area contributed by atoms with Gasteiger partial charge in [-0.1, -0.05) is 5.16 Å². The first-order valence-electron chi connectivity index (χ1n) is 4.56. The fraction of sp³-hybridized carbons (Fsp3) is 0.273. The van der Waals surface area contributed by atoms with Gasteiger partial charge in [0.2, 0.25) is 0 Å². The first-order chi connectivity index (χ1) is 7.31. The molecule has 0 amide bonds. The molecule has 15 heavy (non-hydrogen) atoms. The minimum absolute atomic E-state index is 0.263. The molecule has 0 N–H and O–H groups in total. The lowest BCUT2D eigenvalue weighted by molar-refractivity contribution is 0.159. The Balaban J connectivity index is 2.89. The molecule has 0 radical (unpaired) electrons. The Labute approximate surface area is 88.7 Å². The van der Waals surface area contributed by atoms with Crippen molar-refractivity contribution in [3.63, 3.8) is 0 Å². The van der Waals surface area contributed by atoms with Crippen molar-refractivity contribution in [3.8, 4) is 11.8 Å². The summed E-state index contributed by atoms with van der Waals surface area (Å²) in [5.74, 6) is 0.743. The molecular weight excluding hydrogens is 192 g/mol. The lowest BCUT2D eigenvalue weighted by Crippen LogP contribution is -1.98. The average molecular weight is 204 g/mol. The largest absolute Gasteiger partial charge is 0.497 e. The van der Waals surface area contributed by atoms with Crippen molar-refractivity contribution >= 4 is 5.71 Å². The van der Waals surface area contributed by atoms with Crippen LogP contribution in [0.4, 0.5) is 0 Å². The number of rotatable bonds is 4. The SMILES string of the molecule is CCO/N=C(\C#N)c1ccc(OC)cc1. The zero-order chi connectivity index (χ0) is 11.1. The predicted octanol–water partition coefficient (Wildman–Crippen LogP) is 1.96. The van der Waals surface area contributed by atoms with Crippen molar-refractivity contribution in [2.24, 2.45) is 5.16 Å². The zero-order valence-corrected chi connectivity index (χ0v) is 8.73. The number of nitrogens with zero attached hydrogens (tertiary/aromatic N) is 2. The van der Waals surface area contributed by atoms with E-state index in [1.165, 1.54) is 0 Å². The van der Waals surface area contributed by atoms with E-state index in [2.05, 4.69) is 5.16 Å². The molecular formula is C11H12N2O2. The number of ether oxygens (including phenoxy) is 1. The van der Waals surface area contributed by atoms with Gasteiger partial charge in [0.05, 0.1) is 7.11 Å². The lowest BCUT2D eigenvalue weighted by Gasteiger charge is -2.01. The van der Waals surface area contributed by atoms with E-state index in [0.29, 0.717) is 12.2 Å². The molecule has 0 aliphatic rings. The van der Waals surface area contributed by atoms with Crippen LogP contribution in [0, 0.1) is 11.3 Å². The van der Waals surface area contributed by atoms with Crippen LogP contribution in [0.5, 0.6) is 5.75 Å². The summed E-state index contributed by atoms with van der Waals surface area (Å²) in [5.41, 5.74) is 0.978. The Hall–Kier alpha value is -2.02. The molecule has 0 bridgehead atoms. The quantitative estimate of drug-likeness (QED) is 0.556. The van der Waals surface area contributed by atoms with E-state index in [1.54, 1.807) is 31.4 Å². The van der Waals surface area contributed by atoms with Crippen LogP contribution in [0.15, 0.2) is 29.4 Å². The van der Waals surface area contributed by atoms with E-state index >= 15 is 0 Å². The van der Waals surface area contributed by atoms with Gasteiger partial charge in [0.25, 0.3) is 0 Å². The first-order valence-corrected chi connectivity index (χ1v) is 4.56. The van der Waals surface area contributed by atoms with Crippen LogP contribution in [0.1, 0.15) is 12.5 Å². The molecule has 78 valence electrons. The van der Waals surface area contributed by atoms with Crippen molar-refractivity contribution in [2.45, 2.75) is 6.92 Å². The summed E-state index contributed by atoms with van der Waals surface area (Å²) in [6, 6.07) is 9.05. The monoisotopic (exact) mass is 204 g/mol. The normalized spacial score (nSPS) is 10.6. The molecule has 0 saturated carbocycles. The molecule has 1 rings (SSSR count). The van der Waals surface area contributed by atoms with Crippen molar-refractivity contribution in [3.05, 3.63) is 29.8 Å². The number of benzene rings is 1. The maximum absolute atomic E-state index is 8.84. The van der Waals surface area contributed by atoms with Gasteiger partial charge in [-0.3, -0.25) is 0 Å². The Morgan fingerprint density at radius 3 is 2.53 bits per heavy atom. The molecule has 0 aromatic heterocycles. The molecule has 4 heteroatoms. The van der Waals surface area contributed by atoms with E-state index < -0.39 is 0 Å². The summed E-state index contributed by atoms with van der Waals surface area (Å²) in [5, 5.41) is 12.5. The van der Waals surface area contributed by atoms with Crippen LogP contribution >= 0.6 is 0 Å². The third-order valence-electron chi connectivity index (χ3n) is 1.75. The van der Waals surface area contributed by atoms with Gasteiger partial charge in [0.15, 0.2) is 5.71 Å². The topological polar surface area (TPSA) is 54.6 Å². The van der Waals surface area contributed by atoms with Crippen molar-refractivity contribution in [2.75, 3.05) is 13.7 Å². The molecule has 0 fully saturated rings.